The van der Waals surface area contributed by atoms with Crippen molar-refractivity contribution in [1.82, 2.24) is 0 Å². The number of rotatable bonds is 6. The highest BCUT2D eigenvalue weighted by Crippen LogP contribution is 2.51. The molecule has 0 bridgehead atoms. The molecule has 0 aromatic heterocycles. The molecule has 0 N–H and O–H groups in total. The first-order valence-electron chi connectivity index (χ1n) is 11.9. The van der Waals surface area contributed by atoms with Gasteiger partial charge in [-0.05, 0) is 41.3 Å². The Hall–Kier alpha value is -1.72. The number of fused-ring (bicyclic) bond motifs is 1. The molecule has 4 atom stereocenters. The van der Waals surface area contributed by atoms with Crippen LogP contribution in [0.25, 0.3) is 0 Å². The van der Waals surface area contributed by atoms with Crippen LogP contribution in [-0.4, -0.2) is 33.4 Å². The summed E-state index contributed by atoms with van der Waals surface area (Å²) in [6.45, 7) is 14.3. The Bertz CT molecular complexity index is 895. The third-order valence-electron chi connectivity index (χ3n) is 7.39. The summed E-state index contributed by atoms with van der Waals surface area (Å²) in [5, 5.41) is 2.58. The molecule has 4 heteroatoms. The van der Waals surface area contributed by atoms with Crippen molar-refractivity contribution in [2.45, 2.75) is 77.9 Å². The summed E-state index contributed by atoms with van der Waals surface area (Å²) in [4.78, 5) is 0. The van der Waals surface area contributed by atoms with Crippen LogP contribution in [0.5, 0.6) is 0 Å². The largest absolute Gasteiger partial charge is 0.400 e. The topological polar surface area (TPSA) is 27.7 Å². The van der Waals surface area contributed by atoms with E-state index in [0.717, 1.165) is 12.8 Å². The van der Waals surface area contributed by atoms with E-state index in [2.05, 4.69) is 101 Å². The lowest BCUT2D eigenvalue weighted by Crippen LogP contribution is -2.69. The van der Waals surface area contributed by atoms with Crippen LogP contribution >= 0.6 is 0 Å². The van der Waals surface area contributed by atoms with E-state index < -0.39 is 8.32 Å². The number of hydrogen-bond donors (Lipinski definition) is 0. The van der Waals surface area contributed by atoms with Crippen LogP contribution in [0.4, 0.5) is 0 Å². The van der Waals surface area contributed by atoms with Crippen molar-refractivity contribution in [1.29, 1.82) is 0 Å². The Balaban J connectivity index is 1.86. The molecule has 2 unspecified atom stereocenters. The minimum absolute atomic E-state index is 0.0157. The van der Waals surface area contributed by atoms with E-state index in [1.807, 2.05) is 6.92 Å². The summed E-state index contributed by atoms with van der Waals surface area (Å²) in [5.41, 5.74) is 1.20. The van der Waals surface area contributed by atoms with Gasteiger partial charge < -0.3 is 13.9 Å². The van der Waals surface area contributed by atoms with Crippen LogP contribution in [0.3, 0.4) is 0 Å². The van der Waals surface area contributed by atoms with Crippen LogP contribution in [-0.2, 0) is 13.9 Å². The van der Waals surface area contributed by atoms with Crippen molar-refractivity contribution in [3.63, 3.8) is 0 Å². The highest BCUT2D eigenvalue weighted by atomic mass is 28.4. The van der Waals surface area contributed by atoms with E-state index in [0.29, 0.717) is 6.61 Å². The second kappa shape index (κ2) is 8.90. The third kappa shape index (κ3) is 3.92. The first-order valence-corrected chi connectivity index (χ1v) is 13.9. The van der Waals surface area contributed by atoms with Crippen molar-refractivity contribution < 1.29 is 13.9 Å². The number of benzene rings is 2. The van der Waals surface area contributed by atoms with E-state index >= 15 is 0 Å². The molecular formula is C28H38O3Si. The zero-order valence-electron chi connectivity index (χ0n) is 20.4. The van der Waals surface area contributed by atoms with Gasteiger partial charge in [-0.3, -0.25) is 0 Å². The van der Waals surface area contributed by atoms with Crippen molar-refractivity contribution in [3.05, 3.63) is 72.3 Å². The highest BCUT2D eigenvalue weighted by Gasteiger charge is 2.58. The molecule has 0 amide bonds. The van der Waals surface area contributed by atoms with Crippen molar-refractivity contribution >= 4 is 18.7 Å². The lowest BCUT2D eigenvalue weighted by atomic mass is 9.70. The zero-order valence-corrected chi connectivity index (χ0v) is 21.4. The molecule has 0 radical (unpaired) electrons. The fourth-order valence-electron chi connectivity index (χ4n) is 5.78. The monoisotopic (exact) mass is 450 g/mol. The Morgan fingerprint density at radius 3 is 2.06 bits per heavy atom. The molecule has 1 aliphatic carbocycles. The van der Waals surface area contributed by atoms with Gasteiger partial charge in [-0.2, -0.15) is 0 Å². The molecule has 32 heavy (non-hydrogen) atoms. The van der Waals surface area contributed by atoms with E-state index in [9.17, 15) is 0 Å². The maximum Gasteiger partial charge on any atom is 0.261 e. The molecule has 0 saturated carbocycles. The van der Waals surface area contributed by atoms with Gasteiger partial charge in [0.05, 0.1) is 12.2 Å². The summed E-state index contributed by atoms with van der Waals surface area (Å²) in [6.07, 6.45) is 4.05. The summed E-state index contributed by atoms with van der Waals surface area (Å²) in [7, 11) is -2.66. The first kappa shape index (κ1) is 23.4. The second-order valence-electron chi connectivity index (χ2n) is 10.6. The Morgan fingerprint density at radius 1 is 1.00 bits per heavy atom. The molecule has 1 heterocycles. The zero-order chi connectivity index (χ0) is 23.0. The van der Waals surface area contributed by atoms with Gasteiger partial charge in [-0.15, -0.1) is 0 Å². The number of ether oxygens (including phenoxy) is 2. The molecule has 1 fully saturated rings. The van der Waals surface area contributed by atoms with Gasteiger partial charge in [0.1, 0.15) is 0 Å². The smallest absolute Gasteiger partial charge is 0.261 e. The molecule has 2 aromatic carbocycles. The lowest BCUT2D eigenvalue weighted by Gasteiger charge is -2.50. The standard InChI is InChI=1S/C28H38O3Si/c1-7-29-25-20-28(6)24(30-25)19-18-21(2)26(28)31-32(27(3,4)5,22-14-10-8-11-15-22)23-16-12-9-13-17-23/h8-18,24-26H,7,19-20H2,1-6H3/t24-,25?,26?,28-/m0/s1. The second-order valence-corrected chi connectivity index (χ2v) is 14.8. The predicted octanol–water partition coefficient (Wildman–Crippen LogP) is 5.44. The van der Waals surface area contributed by atoms with Crippen molar-refractivity contribution in [3.8, 4) is 0 Å². The quantitative estimate of drug-likeness (QED) is 0.433. The SMILES string of the molecule is CCOC1C[C@]2(C)C(O[Si](c3ccccc3)(c3ccccc3)C(C)(C)C)C(C)=CC[C@@H]2O1. The minimum atomic E-state index is -2.66. The molecular weight excluding hydrogens is 412 g/mol. The van der Waals surface area contributed by atoms with Gasteiger partial charge in [0.15, 0.2) is 6.29 Å². The van der Waals surface area contributed by atoms with E-state index in [1.54, 1.807) is 0 Å². The van der Waals surface area contributed by atoms with Gasteiger partial charge in [0, 0.05) is 18.4 Å². The molecule has 1 saturated heterocycles. The lowest BCUT2D eigenvalue weighted by molar-refractivity contribution is -0.134. The van der Waals surface area contributed by atoms with E-state index in [4.69, 9.17) is 13.9 Å². The maximum atomic E-state index is 7.61. The molecule has 0 spiro atoms. The van der Waals surface area contributed by atoms with E-state index in [-0.39, 0.29) is 29.0 Å². The summed E-state index contributed by atoms with van der Waals surface area (Å²) in [5.74, 6) is 0. The van der Waals surface area contributed by atoms with Crippen LogP contribution in [0.1, 0.15) is 54.4 Å². The van der Waals surface area contributed by atoms with Gasteiger partial charge in [-0.25, -0.2) is 0 Å². The van der Waals surface area contributed by atoms with Gasteiger partial charge in [0.25, 0.3) is 8.32 Å². The van der Waals surface area contributed by atoms with Crippen molar-refractivity contribution in [2.24, 2.45) is 5.41 Å². The van der Waals surface area contributed by atoms with Crippen molar-refractivity contribution in [2.75, 3.05) is 6.61 Å². The molecule has 2 aliphatic rings. The molecule has 4 rings (SSSR count). The first-order chi connectivity index (χ1) is 15.2. The average molecular weight is 451 g/mol. The van der Waals surface area contributed by atoms with Gasteiger partial charge in [0.2, 0.25) is 0 Å². The molecule has 2 aromatic rings. The van der Waals surface area contributed by atoms with Gasteiger partial charge in [-0.1, -0.05) is 94.4 Å². The molecule has 172 valence electrons. The van der Waals surface area contributed by atoms with Crippen LogP contribution in [0.2, 0.25) is 5.04 Å². The van der Waals surface area contributed by atoms with Gasteiger partial charge >= 0.3 is 0 Å². The summed E-state index contributed by atoms with van der Waals surface area (Å²) in [6, 6.07) is 21.8. The Morgan fingerprint density at radius 2 is 1.56 bits per heavy atom. The molecule has 1 aliphatic heterocycles. The maximum absolute atomic E-state index is 7.61. The molecule has 3 nitrogen and oxygen atoms in total. The fourth-order valence-corrected chi connectivity index (χ4v) is 10.6. The fraction of sp³-hybridized carbons (Fsp3) is 0.500. The van der Waals surface area contributed by atoms with E-state index in [1.165, 1.54) is 15.9 Å². The normalized spacial score (nSPS) is 28.3. The highest BCUT2D eigenvalue weighted by molar-refractivity contribution is 6.99. The summed E-state index contributed by atoms with van der Waals surface area (Å²) < 4.78 is 19.9. The minimum Gasteiger partial charge on any atom is -0.400 e. The third-order valence-corrected chi connectivity index (χ3v) is 12.4. The van der Waals surface area contributed by atoms with Crippen LogP contribution < -0.4 is 10.4 Å². The Kier molecular flexibility index (Phi) is 6.52. The van der Waals surface area contributed by atoms with Crippen LogP contribution in [0.15, 0.2) is 72.3 Å². The average Bonchev–Trinajstić information content (AvgIpc) is 3.10. The summed E-state index contributed by atoms with van der Waals surface area (Å²) >= 11 is 0. The van der Waals surface area contributed by atoms with Crippen LogP contribution in [0, 0.1) is 5.41 Å². The number of hydrogen-bond acceptors (Lipinski definition) is 3. The predicted molar refractivity (Wildman–Crippen MR) is 134 cm³/mol. The Labute approximate surface area is 194 Å².